The highest BCUT2D eigenvalue weighted by molar-refractivity contribution is 5.55. The molecule has 1 heterocycles. The monoisotopic (exact) mass is 192 g/mol. The lowest BCUT2D eigenvalue weighted by atomic mass is 10.1. The smallest absolute Gasteiger partial charge is 0.259 e. The van der Waals surface area contributed by atoms with Crippen LogP contribution >= 0.6 is 0 Å². The molecular formula is C10H12N2O2. The molecule has 0 spiro atoms. The molecule has 0 atom stereocenters. The van der Waals surface area contributed by atoms with E-state index < -0.39 is 5.56 Å². The number of hydrogen-bond acceptors (Lipinski definition) is 2. The van der Waals surface area contributed by atoms with Gasteiger partial charge in [0.15, 0.2) is 5.88 Å². The van der Waals surface area contributed by atoms with Crippen molar-refractivity contribution < 1.29 is 5.11 Å². The summed E-state index contributed by atoms with van der Waals surface area (Å²) in [7, 11) is 0. The first kappa shape index (κ1) is 10.3. The molecule has 0 aliphatic rings. The van der Waals surface area contributed by atoms with Gasteiger partial charge in [-0.05, 0) is 26.3 Å². The molecule has 0 amide bonds. The Morgan fingerprint density at radius 2 is 2.00 bits per heavy atom. The average molecular weight is 192 g/mol. The van der Waals surface area contributed by atoms with Crippen LogP contribution in [0.15, 0.2) is 4.79 Å². The lowest BCUT2D eigenvalue weighted by Gasteiger charge is -2.11. The van der Waals surface area contributed by atoms with Crippen molar-refractivity contribution in [1.29, 1.82) is 0 Å². The van der Waals surface area contributed by atoms with Crippen LogP contribution < -0.4 is 5.56 Å². The third-order valence-corrected chi connectivity index (χ3v) is 2.38. The molecular weight excluding hydrogens is 180 g/mol. The van der Waals surface area contributed by atoms with Crippen LogP contribution in [0.3, 0.4) is 0 Å². The van der Waals surface area contributed by atoms with Crippen LogP contribution in [0, 0.1) is 20.4 Å². The largest absolute Gasteiger partial charge is 0.494 e. The molecule has 14 heavy (non-hydrogen) atoms. The minimum atomic E-state index is -0.414. The Labute approximate surface area is 82.2 Å². The normalized spacial score (nSPS) is 9.86. The number of aromatic hydroxyl groups is 1. The predicted octanol–water partition coefficient (Wildman–Crippen LogP) is 1.74. The molecule has 1 aromatic rings. The topological polar surface area (TPSA) is 46.6 Å². The number of rotatable bonds is 1. The first-order chi connectivity index (χ1) is 6.54. The summed E-state index contributed by atoms with van der Waals surface area (Å²) in [6.07, 6.45) is 0. The quantitative estimate of drug-likeness (QED) is 0.689. The molecule has 4 nitrogen and oxygen atoms in total. The fourth-order valence-electron chi connectivity index (χ4n) is 1.36. The maximum atomic E-state index is 11.6. The van der Waals surface area contributed by atoms with E-state index in [1.54, 1.807) is 20.8 Å². The molecule has 0 bridgehead atoms. The summed E-state index contributed by atoms with van der Waals surface area (Å²) < 4.78 is 1.20. The zero-order valence-corrected chi connectivity index (χ0v) is 8.46. The van der Waals surface area contributed by atoms with Gasteiger partial charge >= 0.3 is 0 Å². The van der Waals surface area contributed by atoms with Gasteiger partial charge in [0.1, 0.15) is 0 Å². The second kappa shape index (κ2) is 3.54. The molecule has 4 heteroatoms. The Kier molecular flexibility index (Phi) is 2.61. The maximum Gasteiger partial charge on any atom is 0.259 e. The number of pyridine rings is 1. The van der Waals surface area contributed by atoms with Gasteiger partial charge in [0.2, 0.25) is 0 Å². The van der Waals surface area contributed by atoms with Gasteiger partial charge in [0, 0.05) is 12.1 Å². The summed E-state index contributed by atoms with van der Waals surface area (Å²) in [5.41, 5.74) is 0.843. The Morgan fingerprint density at radius 1 is 1.43 bits per heavy atom. The fourth-order valence-corrected chi connectivity index (χ4v) is 1.36. The zero-order valence-electron chi connectivity index (χ0n) is 8.46. The van der Waals surface area contributed by atoms with E-state index >= 15 is 0 Å². The highest BCUT2D eigenvalue weighted by Gasteiger charge is 2.14. The highest BCUT2D eigenvalue weighted by Crippen LogP contribution is 2.24. The average Bonchev–Trinajstić information content (AvgIpc) is 2.16. The minimum absolute atomic E-state index is 0.0394. The van der Waals surface area contributed by atoms with Crippen LogP contribution in [0.4, 0.5) is 5.69 Å². The summed E-state index contributed by atoms with van der Waals surface area (Å²) in [5, 5.41) is 9.64. The van der Waals surface area contributed by atoms with Crippen molar-refractivity contribution in [1.82, 2.24) is 4.57 Å². The van der Waals surface area contributed by atoms with Crippen LogP contribution in [0.5, 0.6) is 5.88 Å². The van der Waals surface area contributed by atoms with Gasteiger partial charge in [-0.1, -0.05) is 0 Å². The molecule has 0 saturated heterocycles. The first-order valence-corrected chi connectivity index (χ1v) is 4.35. The van der Waals surface area contributed by atoms with Gasteiger partial charge in [0.05, 0.1) is 6.57 Å². The molecule has 0 aromatic carbocycles. The molecule has 0 radical (unpaired) electrons. The van der Waals surface area contributed by atoms with Crippen molar-refractivity contribution in [3.63, 3.8) is 0 Å². The van der Waals surface area contributed by atoms with Crippen molar-refractivity contribution in [3.8, 4) is 5.88 Å². The third-order valence-electron chi connectivity index (χ3n) is 2.38. The van der Waals surface area contributed by atoms with Crippen molar-refractivity contribution in [2.75, 3.05) is 0 Å². The zero-order chi connectivity index (χ0) is 10.9. The van der Waals surface area contributed by atoms with E-state index in [0.717, 1.165) is 0 Å². The fraction of sp³-hybridized carbons (Fsp3) is 0.400. The summed E-state index contributed by atoms with van der Waals surface area (Å²) in [6.45, 7) is 12.4. The van der Waals surface area contributed by atoms with Crippen molar-refractivity contribution in [2.24, 2.45) is 0 Å². The summed E-state index contributed by atoms with van der Waals surface area (Å²) in [4.78, 5) is 14.8. The molecule has 1 N–H and O–H groups in total. The second-order valence-corrected chi connectivity index (χ2v) is 3.08. The van der Waals surface area contributed by atoms with E-state index in [1.807, 2.05) is 0 Å². The van der Waals surface area contributed by atoms with E-state index in [4.69, 9.17) is 6.57 Å². The van der Waals surface area contributed by atoms with E-state index in [2.05, 4.69) is 4.85 Å². The Morgan fingerprint density at radius 3 is 2.43 bits per heavy atom. The summed E-state index contributed by atoms with van der Waals surface area (Å²) in [5.74, 6) is -0.0394. The molecule has 0 fully saturated rings. The molecule has 0 saturated carbocycles. The first-order valence-electron chi connectivity index (χ1n) is 4.35. The van der Waals surface area contributed by atoms with Crippen LogP contribution in [0.1, 0.15) is 18.1 Å². The van der Waals surface area contributed by atoms with Crippen LogP contribution in [-0.2, 0) is 6.54 Å². The predicted molar refractivity (Wildman–Crippen MR) is 53.8 cm³/mol. The van der Waals surface area contributed by atoms with Gasteiger partial charge in [-0.3, -0.25) is 9.36 Å². The second-order valence-electron chi connectivity index (χ2n) is 3.08. The van der Waals surface area contributed by atoms with E-state index in [0.29, 0.717) is 17.7 Å². The van der Waals surface area contributed by atoms with E-state index in [9.17, 15) is 9.90 Å². The van der Waals surface area contributed by atoms with E-state index in [-0.39, 0.29) is 11.6 Å². The van der Waals surface area contributed by atoms with Gasteiger partial charge in [-0.25, -0.2) is 4.85 Å². The highest BCUT2D eigenvalue weighted by atomic mass is 16.3. The van der Waals surface area contributed by atoms with Crippen molar-refractivity contribution in [3.05, 3.63) is 32.9 Å². The molecule has 0 unspecified atom stereocenters. The standard InChI is InChI=1S/C10H12N2O2/c1-5-12-9(13)7(3)6(2)8(11-4)10(12)14/h13H,5H2,1-3H3. The van der Waals surface area contributed by atoms with Gasteiger partial charge in [-0.2, -0.15) is 0 Å². The molecule has 1 aromatic heterocycles. The molecule has 74 valence electrons. The van der Waals surface area contributed by atoms with Gasteiger partial charge < -0.3 is 5.11 Å². The van der Waals surface area contributed by atoms with Crippen LogP contribution in [0.25, 0.3) is 4.85 Å². The van der Waals surface area contributed by atoms with E-state index in [1.165, 1.54) is 4.57 Å². The van der Waals surface area contributed by atoms with Crippen molar-refractivity contribution in [2.45, 2.75) is 27.3 Å². The number of hydrogen-bond donors (Lipinski definition) is 1. The number of aromatic nitrogens is 1. The van der Waals surface area contributed by atoms with Gasteiger partial charge in [-0.15, -0.1) is 0 Å². The molecule has 0 aliphatic heterocycles. The lowest BCUT2D eigenvalue weighted by Crippen LogP contribution is -2.20. The Hall–Kier alpha value is -1.76. The van der Waals surface area contributed by atoms with Crippen molar-refractivity contribution >= 4 is 5.69 Å². The minimum Gasteiger partial charge on any atom is -0.494 e. The lowest BCUT2D eigenvalue weighted by molar-refractivity contribution is 0.407. The maximum absolute atomic E-state index is 11.6. The Balaban J connectivity index is 3.76. The summed E-state index contributed by atoms with van der Waals surface area (Å²) in [6, 6.07) is 0. The molecule has 1 rings (SSSR count). The SMILES string of the molecule is [C-]#[N+]c1c(C)c(C)c(O)n(CC)c1=O. The molecule has 0 aliphatic carbocycles. The van der Waals surface area contributed by atoms with Crippen LogP contribution in [-0.4, -0.2) is 9.67 Å². The third kappa shape index (κ3) is 1.27. The number of nitrogens with zero attached hydrogens (tertiary/aromatic N) is 2. The van der Waals surface area contributed by atoms with Crippen LogP contribution in [0.2, 0.25) is 0 Å². The summed E-state index contributed by atoms with van der Waals surface area (Å²) >= 11 is 0. The van der Waals surface area contributed by atoms with Gasteiger partial charge in [0.25, 0.3) is 11.2 Å². The Bertz CT molecular complexity index is 466.